The second-order valence-electron chi connectivity index (χ2n) is 13.2. The minimum absolute atomic E-state index is 0.165. The van der Waals surface area contributed by atoms with Crippen LogP contribution in [0, 0.1) is 0 Å². The summed E-state index contributed by atoms with van der Waals surface area (Å²) in [4.78, 5) is 14.0. The number of anilines is 1. The fourth-order valence-electron chi connectivity index (χ4n) is 7.18. The molecule has 0 atom stereocenters. The van der Waals surface area contributed by atoms with Crippen LogP contribution in [-0.4, -0.2) is 40.6 Å². The number of likely N-dealkylation sites (N-methyl/N-ethyl adjacent to an activating group) is 1. The lowest BCUT2D eigenvalue weighted by Crippen LogP contribution is -2.26. The van der Waals surface area contributed by atoms with Crippen LogP contribution < -0.4 is 9.64 Å². The third-order valence-corrected chi connectivity index (χ3v) is 9.66. The highest BCUT2D eigenvalue weighted by Crippen LogP contribution is 2.47. The van der Waals surface area contributed by atoms with Crippen LogP contribution in [0.4, 0.5) is 11.4 Å². The molecule has 3 aliphatic rings. The number of hydrogen-bond donors (Lipinski definition) is 2. The molecule has 0 fully saturated rings. The highest BCUT2D eigenvalue weighted by atomic mass is 16.5. The molecule has 3 aromatic carbocycles. The lowest BCUT2D eigenvalue weighted by molar-refractivity contribution is -0.401. The number of benzene rings is 3. The number of hydrogen-bond acceptors (Lipinski definition) is 4. The van der Waals surface area contributed by atoms with Gasteiger partial charge in [-0.25, -0.2) is 4.79 Å². The molecule has 2 heterocycles. The minimum Gasteiger partial charge on any atom is -0.507 e. The Kier molecular flexibility index (Phi) is 7.56. The first-order valence-corrected chi connectivity index (χ1v) is 15.5. The zero-order chi connectivity index (χ0) is 32.1. The maximum Gasteiger partial charge on any atom is 0.339 e. The molecule has 0 amide bonds. The van der Waals surface area contributed by atoms with E-state index < -0.39 is 5.97 Å². The van der Waals surface area contributed by atoms with E-state index in [4.69, 9.17) is 4.74 Å². The monoisotopic (exact) mass is 601 g/mol. The van der Waals surface area contributed by atoms with E-state index >= 15 is 0 Å². The van der Waals surface area contributed by atoms with E-state index in [1.165, 1.54) is 46.0 Å². The van der Waals surface area contributed by atoms with Crippen LogP contribution in [0.1, 0.15) is 68.4 Å². The van der Waals surface area contributed by atoms with Gasteiger partial charge in [-0.2, -0.15) is 4.58 Å². The summed E-state index contributed by atoms with van der Waals surface area (Å²) in [7, 11) is 4.22. The van der Waals surface area contributed by atoms with Crippen molar-refractivity contribution in [3.8, 4) is 11.5 Å². The number of aromatic hydroxyl groups is 1. The normalized spacial score (nSPS) is 20.4. The molecule has 0 unspecified atom stereocenters. The summed E-state index contributed by atoms with van der Waals surface area (Å²) >= 11 is 0. The molecule has 6 rings (SSSR count). The number of rotatable bonds is 6. The number of carbonyl (C=O) groups is 1. The molecular formula is C39H41N2O4+. The maximum atomic E-state index is 11.8. The first-order valence-electron chi connectivity index (χ1n) is 15.5. The molecule has 2 N–H and O–H groups in total. The van der Waals surface area contributed by atoms with Crippen molar-refractivity contribution in [2.24, 2.45) is 0 Å². The van der Waals surface area contributed by atoms with Crippen LogP contribution in [0.2, 0.25) is 0 Å². The Bertz CT molecular complexity index is 1870. The lowest BCUT2D eigenvalue weighted by atomic mass is 9.81. The fourth-order valence-corrected chi connectivity index (χ4v) is 7.18. The maximum absolute atomic E-state index is 11.8. The number of phenols is 1. The van der Waals surface area contributed by atoms with Crippen LogP contribution in [0.25, 0.3) is 0 Å². The van der Waals surface area contributed by atoms with Crippen LogP contribution in [0.3, 0.4) is 0 Å². The van der Waals surface area contributed by atoms with Crippen LogP contribution in [-0.2, 0) is 10.8 Å². The second-order valence-corrected chi connectivity index (χ2v) is 13.2. The highest BCUT2D eigenvalue weighted by molar-refractivity contribution is 6.03. The molecule has 1 aliphatic carbocycles. The lowest BCUT2D eigenvalue weighted by Gasteiger charge is -2.25. The van der Waals surface area contributed by atoms with Crippen molar-refractivity contribution in [3.63, 3.8) is 0 Å². The average Bonchev–Trinajstić information content (AvgIpc) is 3.33. The molecule has 0 saturated heterocycles. The molecule has 2 aliphatic heterocycles. The number of carboxylic acid groups (broad SMARTS) is 1. The Morgan fingerprint density at radius 3 is 2.33 bits per heavy atom. The molecule has 0 bridgehead atoms. The molecule has 230 valence electrons. The van der Waals surface area contributed by atoms with Gasteiger partial charge in [-0.05, 0) is 86.2 Å². The molecule has 0 spiro atoms. The highest BCUT2D eigenvalue weighted by Gasteiger charge is 2.42. The van der Waals surface area contributed by atoms with Crippen LogP contribution in [0.15, 0.2) is 114 Å². The Morgan fingerprint density at radius 2 is 1.62 bits per heavy atom. The van der Waals surface area contributed by atoms with Gasteiger partial charge >= 0.3 is 5.97 Å². The first-order chi connectivity index (χ1) is 21.4. The second kappa shape index (κ2) is 11.3. The summed E-state index contributed by atoms with van der Waals surface area (Å²) in [5.41, 5.74) is 8.96. The third-order valence-electron chi connectivity index (χ3n) is 9.66. The summed E-state index contributed by atoms with van der Waals surface area (Å²) < 4.78 is 8.81. The predicted octanol–water partition coefficient (Wildman–Crippen LogP) is 8.41. The fraction of sp³-hybridized carbons (Fsp3) is 0.282. The number of para-hydroxylation sites is 2. The van der Waals surface area contributed by atoms with Crippen molar-refractivity contribution in [2.75, 3.05) is 19.0 Å². The van der Waals surface area contributed by atoms with Gasteiger partial charge in [0.1, 0.15) is 29.9 Å². The van der Waals surface area contributed by atoms with E-state index in [0.29, 0.717) is 5.75 Å². The molecule has 0 radical (unpaired) electrons. The largest absolute Gasteiger partial charge is 0.507 e. The molecule has 0 saturated carbocycles. The SMILES string of the molecule is CN1/C(=C/C=C2\CCCC(/C=C/C3=[N+](C)c4ccccc4C3(C)C)=C2Oc2ccc(O)c(C(=O)O)c2)C(C)(C)c2ccccc21. The van der Waals surface area contributed by atoms with Crippen LogP contribution in [0.5, 0.6) is 11.5 Å². The number of allylic oxidation sites excluding steroid dienone is 7. The van der Waals surface area contributed by atoms with Gasteiger partial charge in [-0.1, -0.05) is 56.3 Å². The summed E-state index contributed by atoms with van der Waals surface area (Å²) in [6.07, 6.45) is 11.3. The summed E-state index contributed by atoms with van der Waals surface area (Å²) in [5.74, 6) is -0.397. The van der Waals surface area contributed by atoms with Crippen molar-refractivity contribution < 1.29 is 24.3 Å². The van der Waals surface area contributed by atoms with E-state index in [1.54, 1.807) is 6.07 Å². The van der Waals surface area contributed by atoms with E-state index in [0.717, 1.165) is 36.2 Å². The predicted molar refractivity (Wildman–Crippen MR) is 180 cm³/mol. The van der Waals surface area contributed by atoms with Gasteiger partial charge in [0.15, 0.2) is 5.71 Å². The van der Waals surface area contributed by atoms with E-state index in [1.807, 2.05) is 0 Å². The van der Waals surface area contributed by atoms with Gasteiger partial charge in [-0.15, -0.1) is 0 Å². The standard InChI is InChI=1S/C39H40N2O4/c1-38(2)29-14-7-9-16-31(29)40(5)34(38)22-18-25-12-11-13-26(36(25)45-27-20-21-33(42)28(24-27)37(43)44)19-23-35-39(3,4)30-15-8-10-17-32(30)41(35)6/h7-10,14-24H,11-13H2,1-6H3,(H-,42,43,44)/p+1. The number of ether oxygens (including phenoxy) is 1. The summed E-state index contributed by atoms with van der Waals surface area (Å²) in [6, 6.07) is 21.4. The molecular weight excluding hydrogens is 560 g/mol. The molecule has 45 heavy (non-hydrogen) atoms. The molecule has 6 heteroatoms. The topological polar surface area (TPSA) is 73.0 Å². The molecule has 0 aromatic heterocycles. The first kappa shape index (κ1) is 30.2. The quantitative estimate of drug-likeness (QED) is 0.278. The van der Waals surface area contributed by atoms with Crippen LogP contribution >= 0.6 is 0 Å². The van der Waals surface area contributed by atoms with Gasteiger partial charge in [0, 0.05) is 41.6 Å². The molecule has 3 aromatic rings. The summed E-state index contributed by atoms with van der Waals surface area (Å²) in [5, 5.41) is 19.8. The average molecular weight is 602 g/mol. The van der Waals surface area contributed by atoms with Gasteiger partial charge < -0.3 is 19.8 Å². The van der Waals surface area contributed by atoms with E-state index in [9.17, 15) is 15.0 Å². The van der Waals surface area contributed by atoms with Gasteiger partial charge in [0.25, 0.3) is 0 Å². The summed E-state index contributed by atoms with van der Waals surface area (Å²) in [6.45, 7) is 9.00. The van der Waals surface area contributed by atoms with Crippen molar-refractivity contribution in [2.45, 2.75) is 57.8 Å². The van der Waals surface area contributed by atoms with Gasteiger partial charge in [-0.3, -0.25) is 0 Å². The zero-order valence-electron chi connectivity index (χ0n) is 26.9. The number of fused-ring (bicyclic) bond motifs is 2. The smallest absolute Gasteiger partial charge is 0.339 e. The van der Waals surface area contributed by atoms with Crippen molar-refractivity contribution in [1.29, 1.82) is 0 Å². The van der Waals surface area contributed by atoms with Crippen molar-refractivity contribution >= 4 is 23.1 Å². The minimum atomic E-state index is -1.20. The number of aromatic carboxylic acids is 1. The Hall–Kier alpha value is -4.84. The Morgan fingerprint density at radius 1 is 0.911 bits per heavy atom. The number of nitrogens with zero attached hydrogens (tertiary/aromatic N) is 2. The number of carboxylic acids is 1. The van der Waals surface area contributed by atoms with Crippen molar-refractivity contribution in [3.05, 3.63) is 130 Å². The zero-order valence-corrected chi connectivity index (χ0v) is 26.9. The van der Waals surface area contributed by atoms with Crippen molar-refractivity contribution in [1.82, 2.24) is 0 Å². The van der Waals surface area contributed by atoms with E-state index in [-0.39, 0.29) is 22.1 Å². The van der Waals surface area contributed by atoms with Gasteiger partial charge in [0.05, 0.1) is 5.41 Å². The Balaban J connectivity index is 1.44. The Labute approximate surface area is 265 Å². The van der Waals surface area contributed by atoms with E-state index in [2.05, 4.69) is 124 Å². The van der Waals surface area contributed by atoms with Gasteiger partial charge in [0.2, 0.25) is 5.69 Å². The molecule has 6 nitrogen and oxygen atoms in total. The third kappa shape index (κ3) is 5.18.